The van der Waals surface area contributed by atoms with Gasteiger partial charge in [-0.05, 0) is 48.2 Å². The second-order valence-corrected chi connectivity index (χ2v) is 5.56. The third-order valence-corrected chi connectivity index (χ3v) is 3.87. The van der Waals surface area contributed by atoms with Crippen molar-refractivity contribution in [3.05, 3.63) is 58.7 Å². The normalized spacial score (nSPS) is 10.3. The molecule has 0 unspecified atom stereocenters. The molecule has 2 rings (SSSR count). The summed E-state index contributed by atoms with van der Waals surface area (Å²) in [5, 5.41) is 2.93. The van der Waals surface area contributed by atoms with E-state index in [1.54, 1.807) is 14.2 Å². The summed E-state index contributed by atoms with van der Waals surface area (Å²) in [7, 11) is 3.20. The van der Waals surface area contributed by atoms with Gasteiger partial charge in [-0.3, -0.25) is 4.79 Å². The highest BCUT2D eigenvalue weighted by Gasteiger charge is 2.07. The van der Waals surface area contributed by atoms with Crippen LogP contribution < -0.4 is 14.8 Å². The van der Waals surface area contributed by atoms with Gasteiger partial charge < -0.3 is 14.8 Å². The molecule has 0 aromatic heterocycles. The Hall–Kier alpha value is -2.49. The zero-order chi connectivity index (χ0) is 16.8. The SMILES string of the molecule is COc1ccc(CNC(=O)Cc2ccc(C)c(C)c2)cc1OC. The van der Waals surface area contributed by atoms with E-state index in [2.05, 4.69) is 25.2 Å². The zero-order valence-electron chi connectivity index (χ0n) is 14.1. The van der Waals surface area contributed by atoms with Crippen LogP contribution in [-0.4, -0.2) is 20.1 Å². The van der Waals surface area contributed by atoms with Gasteiger partial charge in [-0.1, -0.05) is 24.3 Å². The van der Waals surface area contributed by atoms with Crippen LogP contribution in [0.2, 0.25) is 0 Å². The van der Waals surface area contributed by atoms with E-state index in [9.17, 15) is 4.79 Å². The van der Waals surface area contributed by atoms with Gasteiger partial charge in [0.25, 0.3) is 0 Å². The number of methoxy groups -OCH3 is 2. The van der Waals surface area contributed by atoms with Gasteiger partial charge in [0.2, 0.25) is 5.91 Å². The summed E-state index contributed by atoms with van der Waals surface area (Å²) in [6.07, 6.45) is 0.383. The Morgan fingerprint density at radius 2 is 1.61 bits per heavy atom. The molecule has 0 fully saturated rings. The summed E-state index contributed by atoms with van der Waals surface area (Å²) < 4.78 is 10.5. The average molecular weight is 313 g/mol. The van der Waals surface area contributed by atoms with E-state index in [4.69, 9.17) is 9.47 Å². The first-order chi connectivity index (χ1) is 11.0. The van der Waals surface area contributed by atoms with Crippen LogP contribution in [0.1, 0.15) is 22.3 Å². The summed E-state index contributed by atoms with van der Waals surface area (Å²) >= 11 is 0. The molecule has 4 heteroatoms. The predicted octanol–water partition coefficient (Wildman–Crippen LogP) is 3.18. The summed E-state index contributed by atoms with van der Waals surface area (Å²) in [6, 6.07) is 11.7. The number of benzene rings is 2. The Balaban J connectivity index is 1.95. The number of carbonyl (C=O) groups is 1. The lowest BCUT2D eigenvalue weighted by atomic mass is 10.0. The maximum absolute atomic E-state index is 12.1. The molecular weight excluding hydrogens is 290 g/mol. The molecular formula is C19H23NO3. The van der Waals surface area contributed by atoms with Gasteiger partial charge in [0.05, 0.1) is 20.6 Å². The summed E-state index contributed by atoms with van der Waals surface area (Å²) in [4.78, 5) is 12.1. The molecule has 2 aromatic carbocycles. The molecule has 1 amide bonds. The Bertz CT molecular complexity index is 695. The monoisotopic (exact) mass is 313 g/mol. The quantitative estimate of drug-likeness (QED) is 0.891. The first-order valence-corrected chi connectivity index (χ1v) is 7.57. The maximum atomic E-state index is 12.1. The van der Waals surface area contributed by atoms with Gasteiger partial charge >= 0.3 is 0 Å². The molecule has 4 nitrogen and oxygen atoms in total. The molecule has 0 heterocycles. The molecule has 0 aliphatic heterocycles. The highest BCUT2D eigenvalue weighted by molar-refractivity contribution is 5.78. The third-order valence-electron chi connectivity index (χ3n) is 3.87. The number of ether oxygens (including phenoxy) is 2. The number of hydrogen-bond donors (Lipinski definition) is 1. The maximum Gasteiger partial charge on any atom is 0.224 e. The molecule has 122 valence electrons. The molecule has 0 bridgehead atoms. The smallest absolute Gasteiger partial charge is 0.224 e. The van der Waals surface area contributed by atoms with E-state index in [0.717, 1.165) is 11.1 Å². The zero-order valence-corrected chi connectivity index (χ0v) is 14.1. The molecule has 1 N–H and O–H groups in total. The Morgan fingerprint density at radius 1 is 0.913 bits per heavy atom. The number of carbonyl (C=O) groups excluding carboxylic acids is 1. The van der Waals surface area contributed by atoms with E-state index < -0.39 is 0 Å². The lowest BCUT2D eigenvalue weighted by molar-refractivity contribution is -0.120. The topological polar surface area (TPSA) is 47.6 Å². The van der Waals surface area contributed by atoms with Gasteiger partial charge in [0, 0.05) is 6.54 Å². The number of hydrogen-bond acceptors (Lipinski definition) is 3. The van der Waals surface area contributed by atoms with Gasteiger partial charge in [0.15, 0.2) is 11.5 Å². The van der Waals surface area contributed by atoms with Crippen molar-refractivity contribution in [1.29, 1.82) is 0 Å². The van der Waals surface area contributed by atoms with Crippen LogP contribution >= 0.6 is 0 Å². The van der Waals surface area contributed by atoms with Gasteiger partial charge in [-0.25, -0.2) is 0 Å². The molecule has 2 aromatic rings. The lowest BCUT2D eigenvalue weighted by Gasteiger charge is -2.11. The van der Waals surface area contributed by atoms with Crippen LogP contribution in [0.4, 0.5) is 0 Å². The van der Waals surface area contributed by atoms with E-state index in [1.807, 2.05) is 30.3 Å². The Kier molecular flexibility index (Phi) is 5.63. The highest BCUT2D eigenvalue weighted by Crippen LogP contribution is 2.27. The summed E-state index contributed by atoms with van der Waals surface area (Å²) in [5.74, 6) is 1.34. The van der Waals surface area contributed by atoms with Gasteiger partial charge in [-0.15, -0.1) is 0 Å². The van der Waals surface area contributed by atoms with Crippen LogP contribution in [0.3, 0.4) is 0 Å². The Labute approximate surface area is 137 Å². The van der Waals surface area contributed by atoms with Crippen molar-refractivity contribution >= 4 is 5.91 Å². The van der Waals surface area contributed by atoms with Gasteiger partial charge in [-0.2, -0.15) is 0 Å². The summed E-state index contributed by atoms with van der Waals surface area (Å²) in [6.45, 7) is 4.58. The van der Waals surface area contributed by atoms with Crippen LogP contribution in [0.5, 0.6) is 11.5 Å². The number of rotatable bonds is 6. The minimum Gasteiger partial charge on any atom is -0.493 e. The van der Waals surface area contributed by atoms with E-state index in [0.29, 0.717) is 24.5 Å². The minimum atomic E-state index is 0.00281. The second-order valence-electron chi connectivity index (χ2n) is 5.56. The first-order valence-electron chi connectivity index (χ1n) is 7.57. The lowest BCUT2D eigenvalue weighted by Crippen LogP contribution is -2.24. The number of amides is 1. The highest BCUT2D eigenvalue weighted by atomic mass is 16.5. The number of nitrogens with one attached hydrogen (secondary N) is 1. The van der Waals surface area contributed by atoms with Gasteiger partial charge in [0.1, 0.15) is 0 Å². The van der Waals surface area contributed by atoms with Crippen LogP contribution in [0, 0.1) is 13.8 Å². The third kappa shape index (κ3) is 4.49. The fourth-order valence-electron chi connectivity index (χ4n) is 2.35. The van der Waals surface area contributed by atoms with E-state index in [1.165, 1.54) is 11.1 Å². The molecule has 0 saturated heterocycles. The van der Waals surface area contributed by atoms with Crippen LogP contribution in [-0.2, 0) is 17.8 Å². The van der Waals surface area contributed by atoms with E-state index in [-0.39, 0.29) is 5.91 Å². The van der Waals surface area contributed by atoms with Crippen molar-refractivity contribution in [2.75, 3.05) is 14.2 Å². The predicted molar refractivity (Wildman–Crippen MR) is 91.0 cm³/mol. The molecule has 0 radical (unpaired) electrons. The van der Waals surface area contributed by atoms with Crippen molar-refractivity contribution in [2.24, 2.45) is 0 Å². The van der Waals surface area contributed by atoms with Crippen LogP contribution in [0.25, 0.3) is 0 Å². The molecule has 0 spiro atoms. The van der Waals surface area contributed by atoms with Crippen LogP contribution in [0.15, 0.2) is 36.4 Å². The molecule has 23 heavy (non-hydrogen) atoms. The van der Waals surface area contributed by atoms with Crippen molar-refractivity contribution in [1.82, 2.24) is 5.32 Å². The largest absolute Gasteiger partial charge is 0.493 e. The fourth-order valence-corrected chi connectivity index (χ4v) is 2.35. The Morgan fingerprint density at radius 3 is 2.26 bits per heavy atom. The van der Waals surface area contributed by atoms with Crippen molar-refractivity contribution in [3.8, 4) is 11.5 Å². The molecule has 0 atom stereocenters. The average Bonchev–Trinajstić information content (AvgIpc) is 2.56. The molecule has 0 saturated carbocycles. The van der Waals surface area contributed by atoms with Crippen molar-refractivity contribution < 1.29 is 14.3 Å². The fraction of sp³-hybridized carbons (Fsp3) is 0.316. The summed E-state index contributed by atoms with van der Waals surface area (Å²) in [5.41, 5.74) is 4.43. The molecule has 0 aliphatic rings. The standard InChI is InChI=1S/C19H23NO3/c1-13-5-6-15(9-14(13)2)11-19(21)20-12-16-7-8-17(22-3)18(10-16)23-4/h5-10H,11-12H2,1-4H3,(H,20,21). The second kappa shape index (κ2) is 7.68. The van der Waals surface area contributed by atoms with Crippen molar-refractivity contribution in [3.63, 3.8) is 0 Å². The number of aryl methyl sites for hydroxylation is 2. The van der Waals surface area contributed by atoms with E-state index >= 15 is 0 Å². The van der Waals surface area contributed by atoms with Crippen molar-refractivity contribution in [2.45, 2.75) is 26.8 Å². The minimum absolute atomic E-state index is 0.00281. The molecule has 0 aliphatic carbocycles. The first kappa shape index (κ1) is 16.9.